The van der Waals surface area contributed by atoms with E-state index in [1.165, 1.54) is 0 Å². The maximum atomic E-state index is 12.5. The van der Waals surface area contributed by atoms with Crippen molar-refractivity contribution in [2.75, 3.05) is 53.0 Å². The number of rotatable bonds is 6. The maximum Gasteiger partial charge on any atom is 0.242 e. The van der Waals surface area contributed by atoms with Crippen LogP contribution in [0.5, 0.6) is 0 Å². The summed E-state index contributed by atoms with van der Waals surface area (Å²) in [6.07, 6.45) is 3.69. The van der Waals surface area contributed by atoms with Crippen LogP contribution in [0.25, 0.3) is 0 Å². The Morgan fingerprint density at radius 1 is 1.18 bits per heavy atom. The third-order valence-electron chi connectivity index (χ3n) is 4.58. The van der Waals surface area contributed by atoms with Gasteiger partial charge >= 0.3 is 0 Å². The highest BCUT2D eigenvalue weighted by molar-refractivity contribution is 5.86. The van der Waals surface area contributed by atoms with E-state index in [1.807, 2.05) is 4.90 Å². The molecule has 0 aromatic carbocycles. The molecule has 0 atom stereocenters. The van der Waals surface area contributed by atoms with Crippen molar-refractivity contribution in [2.24, 2.45) is 5.73 Å². The number of hydrogen-bond donors (Lipinski definition) is 2. The molecule has 0 unspecified atom stereocenters. The van der Waals surface area contributed by atoms with Crippen molar-refractivity contribution in [2.45, 2.75) is 31.2 Å². The van der Waals surface area contributed by atoms with E-state index in [4.69, 9.17) is 10.5 Å². The Morgan fingerprint density at radius 3 is 2.41 bits per heavy atom. The van der Waals surface area contributed by atoms with Crippen molar-refractivity contribution in [3.05, 3.63) is 0 Å². The number of nitrogens with one attached hydrogen (secondary N) is 1. The van der Waals surface area contributed by atoms with Gasteiger partial charge in [0.1, 0.15) is 0 Å². The molecule has 0 aromatic rings. The van der Waals surface area contributed by atoms with Gasteiger partial charge in [0.15, 0.2) is 0 Å². The summed E-state index contributed by atoms with van der Waals surface area (Å²) < 4.78 is 4.90. The molecule has 0 spiro atoms. The molecule has 2 rings (SSSR count). The number of methoxy groups -OCH3 is 1. The lowest BCUT2D eigenvalue weighted by atomic mass is 9.97. The summed E-state index contributed by atoms with van der Waals surface area (Å²) in [5, 5.41) is 2.81. The molecular formula is C15H28N4O3. The Hall–Kier alpha value is -1.18. The predicted octanol–water partition coefficient (Wildman–Crippen LogP) is -0.835. The second kappa shape index (κ2) is 7.89. The molecule has 7 heteroatoms. The highest BCUT2D eigenvalue weighted by Crippen LogP contribution is 2.29. The Bertz CT molecular complexity index is 388. The summed E-state index contributed by atoms with van der Waals surface area (Å²) in [6.45, 7) is 4.18. The van der Waals surface area contributed by atoms with E-state index in [1.54, 1.807) is 7.11 Å². The van der Waals surface area contributed by atoms with E-state index >= 15 is 0 Å². The van der Waals surface area contributed by atoms with Crippen molar-refractivity contribution in [3.8, 4) is 0 Å². The van der Waals surface area contributed by atoms with Gasteiger partial charge in [0.2, 0.25) is 11.8 Å². The second-order valence-electron chi connectivity index (χ2n) is 6.27. The van der Waals surface area contributed by atoms with Crippen LogP contribution in [-0.2, 0) is 14.3 Å². The van der Waals surface area contributed by atoms with E-state index in [0.29, 0.717) is 32.8 Å². The van der Waals surface area contributed by atoms with Crippen molar-refractivity contribution < 1.29 is 14.3 Å². The van der Waals surface area contributed by atoms with E-state index in [0.717, 1.165) is 38.8 Å². The summed E-state index contributed by atoms with van der Waals surface area (Å²) in [6, 6.07) is 0. The Labute approximate surface area is 132 Å². The van der Waals surface area contributed by atoms with Gasteiger partial charge in [-0.3, -0.25) is 14.5 Å². The molecule has 1 aliphatic carbocycles. The van der Waals surface area contributed by atoms with Gasteiger partial charge in [-0.2, -0.15) is 0 Å². The topological polar surface area (TPSA) is 87.9 Å². The summed E-state index contributed by atoms with van der Waals surface area (Å²) in [4.78, 5) is 28.2. The average molecular weight is 312 g/mol. The van der Waals surface area contributed by atoms with Crippen LogP contribution < -0.4 is 11.1 Å². The lowest BCUT2D eigenvalue weighted by molar-refractivity contribution is -0.138. The number of amides is 2. The molecule has 2 amide bonds. The first-order valence-corrected chi connectivity index (χ1v) is 8.11. The van der Waals surface area contributed by atoms with Gasteiger partial charge in [0, 0.05) is 39.8 Å². The second-order valence-corrected chi connectivity index (χ2v) is 6.27. The molecule has 0 bridgehead atoms. The molecule has 2 fully saturated rings. The summed E-state index contributed by atoms with van der Waals surface area (Å²) in [5.41, 5.74) is 5.60. The Kier molecular flexibility index (Phi) is 6.16. The van der Waals surface area contributed by atoms with Crippen LogP contribution in [-0.4, -0.2) is 80.1 Å². The molecule has 1 aliphatic heterocycles. The zero-order chi connectivity index (χ0) is 16.0. The summed E-state index contributed by atoms with van der Waals surface area (Å²) in [5.74, 6) is 0.0945. The fourth-order valence-corrected chi connectivity index (χ4v) is 3.20. The average Bonchev–Trinajstić information content (AvgIpc) is 2.96. The quantitative estimate of drug-likeness (QED) is 0.625. The summed E-state index contributed by atoms with van der Waals surface area (Å²) in [7, 11) is 1.61. The Balaban J connectivity index is 1.71. The van der Waals surface area contributed by atoms with Crippen LogP contribution in [0.4, 0.5) is 0 Å². The third-order valence-corrected chi connectivity index (χ3v) is 4.58. The number of carbonyl (C=O) groups excluding carboxylic acids is 2. The van der Waals surface area contributed by atoms with E-state index < -0.39 is 5.54 Å². The van der Waals surface area contributed by atoms with E-state index in [9.17, 15) is 9.59 Å². The monoisotopic (exact) mass is 312 g/mol. The minimum absolute atomic E-state index is 0.00270. The highest BCUT2D eigenvalue weighted by atomic mass is 16.5. The van der Waals surface area contributed by atoms with Crippen LogP contribution in [0.1, 0.15) is 25.7 Å². The van der Waals surface area contributed by atoms with Crippen molar-refractivity contribution >= 4 is 11.8 Å². The molecule has 1 heterocycles. The first-order valence-electron chi connectivity index (χ1n) is 8.11. The van der Waals surface area contributed by atoms with Crippen molar-refractivity contribution in [1.29, 1.82) is 0 Å². The van der Waals surface area contributed by atoms with Gasteiger partial charge < -0.3 is 20.7 Å². The fourth-order valence-electron chi connectivity index (χ4n) is 3.20. The normalized spacial score (nSPS) is 21.8. The largest absolute Gasteiger partial charge is 0.383 e. The van der Waals surface area contributed by atoms with Gasteiger partial charge in [-0.1, -0.05) is 12.8 Å². The molecule has 126 valence electrons. The first-order chi connectivity index (χ1) is 10.5. The number of hydrogen-bond acceptors (Lipinski definition) is 5. The Morgan fingerprint density at radius 2 is 1.82 bits per heavy atom. The molecule has 7 nitrogen and oxygen atoms in total. The maximum absolute atomic E-state index is 12.5. The first kappa shape index (κ1) is 17.2. The van der Waals surface area contributed by atoms with Gasteiger partial charge in [0.25, 0.3) is 0 Å². The summed E-state index contributed by atoms with van der Waals surface area (Å²) >= 11 is 0. The van der Waals surface area contributed by atoms with Crippen molar-refractivity contribution in [3.63, 3.8) is 0 Å². The minimum atomic E-state index is -0.639. The zero-order valence-corrected chi connectivity index (χ0v) is 13.5. The van der Waals surface area contributed by atoms with E-state index in [2.05, 4.69) is 10.2 Å². The molecule has 2 aliphatic rings. The van der Waals surface area contributed by atoms with Gasteiger partial charge in [-0.25, -0.2) is 0 Å². The zero-order valence-electron chi connectivity index (χ0n) is 13.5. The van der Waals surface area contributed by atoms with Crippen molar-refractivity contribution in [1.82, 2.24) is 15.1 Å². The smallest absolute Gasteiger partial charge is 0.242 e. The van der Waals surface area contributed by atoms with Crippen LogP contribution >= 0.6 is 0 Å². The number of nitrogens with zero attached hydrogens (tertiary/aromatic N) is 2. The molecule has 0 radical (unpaired) electrons. The molecule has 22 heavy (non-hydrogen) atoms. The van der Waals surface area contributed by atoms with Gasteiger partial charge in [-0.05, 0) is 12.8 Å². The van der Waals surface area contributed by atoms with E-state index in [-0.39, 0.29) is 11.8 Å². The number of carbonyl (C=O) groups is 2. The minimum Gasteiger partial charge on any atom is -0.383 e. The standard InChI is InChI=1S/C15H28N4O3/c1-22-11-6-17-13(20)12-18-7-9-19(10-8-18)14(21)15(16)4-2-3-5-15/h2-12,16H2,1H3,(H,17,20). The lowest BCUT2D eigenvalue weighted by Crippen LogP contribution is -2.59. The van der Waals surface area contributed by atoms with Crippen LogP contribution in [0.15, 0.2) is 0 Å². The number of ether oxygens (including phenoxy) is 1. The number of piperazine rings is 1. The number of nitrogens with two attached hydrogens (primary N) is 1. The van der Waals surface area contributed by atoms with Gasteiger partial charge in [0.05, 0.1) is 18.7 Å². The fraction of sp³-hybridized carbons (Fsp3) is 0.867. The molecule has 0 aromatic heterocycles. The SMILES string of the molecule is COCCNC(=O)CN1CCN(C(=O)C2(N)CCCC2)CC1. The predicted molar refractivity (Wildman–Crippen MR) is 83.3 cm³/mol. The highest BCUT2D eigenvalue weighted by Gasteiger charge is 2.40. The van der Waals surface area contributed by atoms with Crippen LogP contribution in [0.2, 0.25) is 0 Å². The molecule has 3 N–H and O–H groups in total. The van der Waals surface area contributed by atoms with Gasteiger partial charge in [-0.15, -0.1) is 0 Å². The lowest BCUT2D eigenvalue weighted by Gasteiger charge is -2.38. The third kappa shape index (κ3) is 4.41. The molecule has 1 saturated heterocycles. The molecule has 1 saturated carbocycles. The van der Waals surface area contributed by atoms with Crippen LogP contribution in [0, 0.1) is 0 Å². The van der Waals surface area contributed by atoms with Crippen LogP contribution in [0.3, 0.4) is 0 Å². The molecular weight excluding hydrogens is 284 g/mol.